The van der Waals surface area contributed by atoms with E-state index in [0.717, 1.165) is 22.6 Å². The maximum atomic E-state index is 14.8. The van der Waals surface area contributed by atoms with Crippen LogP contribution in [-0.2, 0) is 15.0 Å². The fourth-order valence-electron chi connectivity index (χ4n) is 4.27. The second kappa shape index (κ2) is 9.11. The van der Waals surface area contributed by atoms with Gasteiger partial charge in [0.05, 0.1) is 30.0 Å². The molecule has 1 saturated heterocycles. The van der Waals surface area contributed by atoms with Crippen LogP contribution in [0, 0.1) is 11.6 Å². The van der Waals surface area contributed by atoms with Crippen molar-refractivity contribution in [3.63, 3.8) is 0 Å². The zero-order valence-electron chi connectivity index (χ0n) is 20.2. The molecule has 1 aliphatic heterocycles. The molecule has 186 valence electrons. The number of phenolic OH excluding ortho intramolecular Hbond substituents is 1. The minimum atomic E-state index is -1.31. The molecular weight excluding hydrogens is 468 g/mol. The van der Waals surface area contributed by atoms with Crippen LogP contribution in [-0.4, -0.2) is 29.0 Å². The van der Waals surface area contributed by atoms with Crippen LogP contribution in [0.4, 0.5) is 14.5 Å². The zero-order valence-corrected chi connectivity index (χ0v) is 20.2. The van der Waals surface area contributed by atoms with E-state index >= 15 is 0 Å². The molecule has 2 N–H and O–H groups in total. The molecular formula is C28H25F2NO5. The van der Waals surface area contributed by atoms with Gasteiger partial charge < -0.3 is 14.9 Å². The summed E-state index contributed by atoms with van der Waals surface area (Å²) in [5.74, 6) is -4.51. The molecule has 1 unspecified atom stereocenters. The number of nitrogens with zero attached hydrogens (tertiary/aromatic N) is 1. The van der Waals surface area contributed by atoms with Gasteiger partial charge in [0, 0.05) is 6.07 Å². The van der Waals surface area contributed by atoms with E-state index in [-0.39, 0.29) is 39.3 Å². The number of carbonyl (C=O) groups excluding carboxylic acids is 2. The lowest BCUT2D eigenvalue weighted by Gasteiger charge is -2.26. The van der Waals surface area contributed by atoms with E-state index in [2.05, 4.69) is 0 Å². The molecule has 0 spiro atoms. The number of phenols is 1. The Bertz CT molecular complexity index is 1410. The number of anilines is 1. The average Bonchev–Trinajstić information content (AvgIpc) is 3.08. The number of aliphatic hydroxyl groups excluding tert-OH is 1. The highest BCUT2D eigenvalue weighted by molar-refractivity contribution is 6.51. The third kappa shape index (κ3) is 4.30. The minimum Gasteiger partial charge on any atom is -0.508 e. The molecule has 6 nitrogen and oxygen atoms in total. The largest absolute Gasteiger partial charge is 0.508 e. The lowest BCUT2D eigenvalue weighted by Crippen LogP contribution is -2.30. The SMILES string of the molecule is COc1ccc(C(C)(C)C)cc1/C(O)=C1\C(=O)C(=O)N(c2ccc(F)cc2F)C1c1cccc(O)c1. The standard InChI is InChI=1S/C28H25F2NO5/c1-28(2,3)16-8-11-22(36-4)19(13-16)25(33)23-24(15-6-5-7-18(32)12-15)31(27(35)26(23)34)21-10-9-17(29)14-20(21)30/h5-14,24,32-33H,1-4H3/b25-23+. The van der Waals surface area contributed by atoms with Crippen molar-refractivity contribution < 1.29 is 33.3 Å². The van der Waals surface area contributed by atoms with Gasteiger partial charge in [-0.25, -0.2) is 8.78 Å². The van der Waals surface area contributed by atoms with Crippen molar-refractivity contribution in [2.75, 3.05) is 12.0 Å². The van der Waals surface area contributed by atoms with E-state index in [4.69, 9.17) is 4.74 Å². The van der Waals surface area contributed by atoms with Gasteiger partial charge in [-0.2, -0.15) is 0 Å². The van der Waals surface area contributed by atoms with Gasteiger partial charge >= 0.3 is 0 Å². The van der Waals surface area contributed by atoms with Gasteiger partial charge in [0.25, 0.3) is 11.7 Å². The van der Waals surface area contributed by atoms with E-state index in [1.165, 1.54) is 31.4 Å². The van der Waals surface area contributed by atoms with Crippen molar-refractivity contribution in [2.24, 2.45) is 0 Å². The Hall–Kier alpha value is -4.20. The third-order valence-electron chi connectivity index (χ3n) is 6.12. The second-order valence-electron chi connectivity index (χ2n) is 9.52. The number of hydrogen-bond donors (Lipinski definition) is 2. The van der Waals surface area contributed by atoms with Gasteiger partial charge in [0.15, 0.2) is 0 Å². The summed E-state index contributed by atoms with van der Waals surface area (Å²) in [6.45, 7) is 5.92. The lowest BCUT2D eigenvalue weighted by atomic mass is 9.85. The number of amides is 1. The molecule has 1 atom stereocenters. The number of rotatable bonds is 4. The van der Waals surface area contributed by atoms with Gasteiger partial charge in [0.1, 0.15) is 28.9 Å². The topological polar surface area (TPSA) is 87.1 Å². The van der Waals surface area contributed by atoms with Crippen LogP contribution in [0.5, 0.6) is 11.5 Å². The van der Waals surface area contributed by atoms with E-state index in [0.29, 0.717) is 6.07 Å². The first-order valence-electron chi connectivity index (χ1n) is 11.2. The number of Topliss-reactive ketones (excluding diaryl/α,β-unsaturated/α-hetero) is 1. The molecule has 0 saturated carbocycles. The summed E-state index contributed by atoms with van der Waals surface area (Å²) in [6.07, 6.45) is 0. The third-order valence-corrected chi connectivity index (χ3v) is 6.12. The number of ether oxygens (including phenoxy) is 1. The summed E-state index contributed by atoms with van der Waals surface area (Å²) in [4.78, 5) is 27.4. The van der Waals surface area contributed by atoms with Gasteiger partial charge in [0.2, 0.25) is 0 Å². The molecule has 1 heterocycles. The first-order valence-corrected chi connectivity index (χ1v) is 11.2. The molecule has 3 aromatic rings. The lowest BCUT2D eigenvalue weighted by molar-refractivity contribution is -0.132. The number of ketones is 1. The van der Waals surface area contributed by atoms with Crippen LogP contribution in [0.2, 0.25) is 0 Å². The summed E-state index contributed by atoms with van der Waals surface area (Å²) in [7, 11) is 1.40. The number of hydrogen-bond acceptors (Lipinski definition) is 5. The number of aliphatic hydroxyl groups is 1. The number of benzene rings is 3. The summed E-state index contributed by atoms with van der Waals surface area (Å²) >= 11 is 0. The average molecular weight is 494 g/mol. The van der Waals surface area contributed by atoms with Gasteiger partial charge in [-0.15, -0.1) is 0 Å². The predicted molar refractivity (Wildman–Crippen MR) is 131 cm³/mol. The summed E-state index contributed by atoms with van der Waals surface area (Å²) < 4.78 is 33.9. The van der Waals surface area contributed by atoms with Crippen molar-refractivity contribution in [3.8, 4) is 11.5 Å². The van der Waals surface area contributed by atoms with Crippen molar-refractivity contribution in [3.05, 3.63) is 94.6 Å². The summed E-state index contributed by atoms with van der Waals surface area (Å²) in [6, 6.07) is 12.2. The molecule has 1 fully saturated rings. The first-order chi connectivity index (χ1) is 16.9. The Morgan fingerprint density at radius 3 is 2.33 bits per heavy atom. The Morgan fingerprint density at radius 2 is 1.72 bits per heavy atom. The predicted octanol–water partition coefficient (Wildman–Crippen LogP) is 5.60. The number of aromatic hydroxyl groups is 1. The second-order valence-corrected chi connectivity index (χ2v) is 9.52. The molecule has 0 bridgehead atoms. The molecule has 3 aromatic carbocycles. The number of methoxy groups -OCH3 is 1. The Balaban J connectivity index is 2.02. The van der Waals surface area contributed by atoms with Crippen LogP contribution in [0.1, 0.15) is 43.5 Å². The van der Waals surface area contributed by atoms with E-state index in [1.54, 1.807) is 12.1 Å². The summed E-state index contributed by atoms with van der Waals surface area (Å²) in [5, 5.41) is 21.6. The van der Waals surface area contributed by atoms with Crippen LogP contribution in [0.3, 0.4) is 0 Å². The maximum Gasteiger partial charge on any atom is 0.300 e. The first kappa shape index (κ1) is 24.9. The number of carbonyl (C=O) groups is 2. The van der Waals surface area contributed by atoms with Crippen molar-refractivity contribution in [2.45, 2.75) is 32.2 Å². The molecule has 36 heavy (non-hydrogen) atoms. The van der Waals surface area contributed by atoms with Gasteiger partial charge in [-0.1, -0.05) is 39.0 Å². The smallest absolute Gasteiger partial charge is 0.300 e. The fourth-order valence-corrected chi connectivity index (χ4v) is 4.27. The normalized spacial score (nSPS) is 17.5. The minimum absolute atomic E-state index is 0.162. The van der Waals surface area contributed by atoms with Crippen molar-refractivity contribution in [1.82, 2.24) is 0 Å². The van der Waals surface area contributed by atoms with E-state index < -0.39 is 35.1 Å². The van der Waals surface area contributed by atoms with Crippen LogP contribution >= 0.6 is 0 Å². The summed E-state index contributed by atoms with van der Waals surface area (Å²) in [5.41, 5.74) is 0.269. The Labute approximate surface area is 207 Å². The van der Waals surface area contributed by atoms with Gasteiger partial charge in [-0.3, -0.25) is 14.5 Å². The highest BCUT2D eigenvalue weighted by atomic mass is 19.1. The Kier molecular flexibility index (Phi) is 6.30. The molecule has 0 radical (unpaired) electrons. The Morgan fingerprint density at radius 1 is 1.00 bits per heavy atom. The number of halogens is 2. The monoisotopic (exact) mass is 493 g/mol. The molecule has 4 rings (SSSR count). The molecule has 1 amide bonds. The molecule has 0 aromatic heterocycles. The fraction of sp³-hybridized carbons (Fsp3) is 0.214. The molecule has 1 aliphatic rings. The van der Waals surface area contributed by atoms with Crippen LogP contribution in [0.15, 0.2) is 66.2 Å². The van der Waals surface area contributed by atoms with E-state index in [1.807, 2.05) is 26.8 Å². The molecule has 0 aliphatic carbocycles. The van der Waals surface area contributed by atoms with Crippen LogP contribution < -0.4 is 9.64 Å². The highest BCUT2D eigenvalue weighted by Crippen LogP contribution is 2.45. The van der Waals surface area contributed by atoms with Crippen molar-refractivity contribution in [1.29, 1.82) is 0 Å². The van der Waals surface area contributed by atoms with Gasteiger partial charge in [-0.05, 0) is 52.9 Å². The quantitative estimate of drug-likeness (QED) is 0.281. The van der Waals surface area contributed by atoms with Crippen LogP contribution in [0.25, 0.3) is 5.76 Å². The highest BCUT2D eigenvalue weighted by Gasteiger charge is 2.48. The van der Waals surface area contributed by atoms with E-state index in [9.17, 15) is 28.6 Å². The zero-order chi connectivity index (χ0) is 26.4. The van der Waals surface area contributed by atoms with Crippen molar-refractivity contribution >= 4 is 23.1 Å². The maximum absolute atomic E-state index is 14.8. The molecule has 8 heteroatoms.